The first-order chi connectivity index (χ1) is 10.2. The molecule has 2 aromatic carbocycles. The molecular formula is C17H22ClNO3. The van der Waals surface area contributed by atoms with Gasteiger partial charge in [-0.25, -0.2) is 0 Å². The number of ether oxygens (including phenoxy) is 2. The zero-order valence-electron chi connectivity index (χ0n) is 12.6. The molecule has 0 heterocycles. The van der Waals surface area contributed by atoms with E-state index in [4.69, 9.17) is 20.3 Å². The van der Waals surface area contributed by atoms with E-state index in [0.717, 1.165) is 11.1 Å². The number of nitrogens with two attached hydrogens (primary N) is 1. The van der Waals surface area contributed by atoms with Gasteiger partial charge in [-0.3, -0.25) is 0 Å². The minimum atomic E-state index is -0.208. The highest BCUT2D eigenvalue weighted by Crippen LogP contribution is 2.31. The fraction of sp³-hybridized carbons (Fsp3) is 0.294. The van der Waals surface area contributed by atoms with Crippen LogP contribution >= 0.6 is 12.4 Å². The van der Waals surface area contributed by atoms with Crippen molar-refractivity contribution in [2.75, 3.05) is 13.7 Å². The average molecular weight is 324 g/mol. The zero-order valence-corrected chi connectivity index (χ0v) is 13.4. The Morgan fingerprint density at radius 1 is 1.09 bits per heavy atom. The Morgan fingerprint density at radius 3 is 2.45 bits per heavy atom. The van der Waals surface area contributed by atoms with Gasteiger partial charge in [0.15, 0.2) is 11.5 Å². The maximum absolute atomic E-state index is 8.98. The van der Waals surface area contributed by atoms with Crippen LogP contribution in [0.1, 0.15) is 23.6 Å². The van der Waals surface area contributed by atoms with Gasteiger partial charge in [-0.05, 0) is 29.7 Å². The number of aliphatic hydroxyl groups is 1. The van der Waals surface area contributed by atoms with Crippen LogP contribution in [0.5, 0.6) is 11.5 Å². The van der Waals surface area contributed by atoms with Crippen LogP contribution < -0.4 is 15.2 Å². The van der Waals surface area contributed by atoms with E-state index in [9.17, 15) is 0 Å². The van der Waals surface area contributed by atoms with Crippen molar-refractivity contribution in [1.82, 2.24) is 0 Å². The van der Waals surface area contributed by atoms with Crippen molar-refractivity contribution in [2.45, 2.75) is 19.1 Å². The van der Waals surface area contributed by atoms with Gasteiger partial charge in [-0.2, -0.15) is 0 Å². The van der Waals surface area contributed by atoms with Crippen LogP contribution in [0.25, 0.3) is 0 Å². The molecule has 0 aliphatic heterocycles. The van der Waals surface area contributed by atoms with E-state index in [0.29, 0.717) is 24.5 Å². The summed E-state index contributed by atoms with van der Waals surface area (Å²) in [5.41, 5.74) is 8.03. The largest absolute Gasteiger partial charge is 0.493 e. The maximum atomic E-state index is 8.98. The molecule has 1 unspecified atom stereocenters. The monoisotopic (exact) mass is 323 g/mol. The molecule has 0 aromatic heterocycles. The van der Waals surface area contributed by atoms with Crippen LogP contribution in [0.3, 0.4) is 0 Å². The molecule has 0 aliphatic carbocycles. The molecule has 0 aliphatic rings. The SMILES string of the molecule is COc1ccc(C(N)CCO)cc1OCc1ccccc1.Cl. The van der Waals surface area contributed by atoms with Crippen molar-refractivity contribution in [3.8, 4) is 11.5 Å². The lowest BCUT2D eigenvalue weighted by Crippen LogP contribution is -2.12. The van der Waals surface area contributed by atoms with Gasteiger partial charge in [0.1, 0.15) is 6.61 Å². The Morgan fingerprint density at radius 2 is 1.82 bits per heavy atom. The minimum absolute atomic E-state index is 0. The predicted octanol–water partition coefficient (Wildman–Crippen LogP) is 3.08. The second-order valence-corrected chi connectivity index (χ2v) is 4.80. The highest BCUT2D eigenvalue weighted by Gasteiger charge is 2.11. The first kappa shape index (κ1) is 18.3. The quantitative estimate of drug-likeness (QED) is 0.822. The normalized spacial score (nSPS) is 11.4. The molecular weight excluding hydrogens is 302 g/mol. The number of aliphatic hydroxyl groups excluding tert-OH is 1. The van der Waals surface area contributed by atoms with Gasteiger partial charge in [0.25, 0.3) is 0 Å². The molecule has 4 nitrogen and oxygen atoms in total. The Balaban J connectivity index is 0.00000242. The fourth-order valence-corrected chi connectivity index (χ4v) is 2.08. The van der Waals surface area contributed by atoms with E-state index in [2.05, 4.69) is 0 Å². The van der Waals surface area contributed by atoms with E-state index in [-0.39, 0.29) is 25.1 Å². The number of methoxy groups -OCH3 is 1. The molecule has 0 saturated carbocycles. The van der Waals surface area contributed by atoms with E-state index in [1.807, 2.05) is 48.5 Å². The van der Waals surface area contributed by atoms with Crippen LogP contribution in [-0.2, 0) is 6.61 Å². The molecule has 0 bridgehead atoms. The molecule has 0 amide bonds. The third kappa shape index (κ3) is 4.91. The summed E-state index contributed by atoms with van der Waals surface area (Å²) in [7, 11) is 1.61. The summed E-state index contributed by atoms with van der Waals surface area (Å²) in [5.74, 6) is 1.33. The van der Waals surface area contributed by atoms with Crippen molar-refractivity contribution in [3.05, 3.63) is 59.7 Å². The van der Waals surface area contributed by atoms with Gasteiger partial charge >= 0.3 is 0 Å². The first-order valence-electron chi connectivity index (χ1n) is 6.95. The lowest BCUT2D eigenvalue weighted by Gasteiger charge is -2.15. The number of hydrogen-bond donors (Lipinski definition) is 2. The molecule has 1 atom stereocenters. The molecule has 120 valence electrons. The van der Waals surface area contributed by atoms with E-state index in [1.165, 1.54) is 0 Å². The summed E-state index contributed by atoms with van der Waals surface area (Å²) in [5, 5.41) is 8.98. The summed E-state index contributed by atoms with van der Waals surface area (Å²) in [6.45, 7) is 0.531. The van der Waals surface area contributed by atoms with Crippen LogP contribution in [0.15, 0.2) is 48.5 Å². The minimum Gasteiger partial charge on any atom is -0.493 e. The number of halogens is 1. The standard InChI is InChI=1S/C17H21NO3.ClH/c1-20-16-8-7-14(15(18)9-10-19)11-17(16)21-12-13-5-3-2-4-6-13;/h2-8,11,15,19H,9-10,12,18H2,1H3;1H. The first-order valence-corrected chi connectivity index (χ1v) is 6.95. The van der Waals surface area contributed by atoms with Crippen LogP contribution in [0.2, 0.25) is 0 Å². The van der Waals surface area contributed by atoms with Gasteiger partial charge in [0.05, 0.1) is 7.11 Å². The molecule has 0 saturated heterocycles. The summed E-state index contributed by atoms with van der Waals surface area (Å²) in [6.07, 6.45) is 0.518. The number of hydrogen-bond acceptors (Lipinski definition) is 4. The Hall–Kier alpha value is -1.75. The van der Waals surface area contributed by atoms with Gasteiger partial charge < -0.3 is 20.3 Å². The maximum Gasteiger partial charge on any atom is 0.161 e. The van der Waals surface area contributed by atoms with Gasteiger partial charge in [0.2, 0.25) is 0 Å². The van der Waals surface area contributed by atoms with E-state index >= 15 is 0 Å². The molecule has 3 N–H and O–H groups in total. The average Bonchev–Trinajstić information content (AvgIpc) is 2.54. The highest BCUT2D eigenvalue weighted by atomic mass is 35.5. The third-order valence-corrected chi connectivity index (χ3v) is 3.29. The molecule has 5 heteroatoms. The van der Waals surface area contributed by atoms with Crippen molar-refractivity contribution in [2.24, 2.45) is 5.73 Å². The lowest BCUT2D eigenvalue weighted by molar-refractivity contribution is 0.274. The number of benzene rings is 2. The van der Waals surface area contributed by atoms with Crippen LogP contribution in [0, 0.1) is 0 Å². The smallest absolute Gasteiger partial charge is 0.161 e. The Labute approximate surface area is 137 Å². The molecule has 22 heavy (non-hydrogen) atoms. The third-order valence-electron chi connectivity index (χ3n) is 3.29. The topological polar surface area (TPSA) is 64.7 Å². The fourth-order valence-electron chi connectivity index (χ4n) is 2.08. The summed E-state index contributed by atoms with van der Waals surface area (Å²) in [4.78, 5) is 0. The van der Waals surface area contributed by atoms with Gasteiger partial charge in [-0.1, -0.05) is 36.4 Å². The van der Waals surface area contributed by atoms with Gasteiger partial charge in [0, 0.05) is 12.6 Å². The van der Waals surface area contributed by atoms with Crippen LogP contribution in [-0.4, -0.2) is 18.8 Å². The zero-order chi connectivity index (χ0) is 15.1. The van der Waals surface area contributed by atoms with E-state index in [1.54, 1.807) is 7.11 Å². The number of rotatable bonds is 7. The second-order valence-electron chi connectivity index (χ2n) is 4.80. The molecule has 0 fully saturated rings. The molecule has 2 rings (SSSR count). The van der Waals surface area contributed by atoms with Crippen molar-refractivity contribution < 1.29 is 14.6 Å². The van der Waals surface area contributed by atoms with Crippen molar-refractivity contribution in [3.63, 3.8) is 0 Å². The van der Waals surface area contributed by atoms with Crippen molar-refractivity contribution in [1.29, 1.82) is 0 Å². The lowest BCUT2D eigenvalue weighted by atomic mass is 10.0. The Bertz CT molecular complexity index is 563. The molecule has 2 aromatic rings. The van der Waals surface area contributed by atoms with Crippen molar-refractivity contribution >= 4 is 12.4 Å². The second kappa shape index (κ2) is 9.30. The molecule has 0 radical (unpaired) electrons. The predicted molar refractivity (Wildman–Crippen MR) is 89.6 cm³/mol. The summed E-state index contributed by atoms with van der Waals surface area (Å²) >= 11 is 0. The molecule has 0 spiro atoms. The Kier molecular flexibility index (Phi) is 7.74. The summed E-state index contributed by atoms with van der Waals surface area (Å²) in [6, 6.07) is 15.3. The summed E-state index contributed by atoms with van der Waals surface area (Å²) < 4.78 is 11.2. The van der Waals surface area contributed by atoms with Gasteiger partial charge in [-0.15, -0.1) is 12.4 Å². The van der Waals surface area contributed by atoms with Crippen LogP contribution in [0.4, 0.5) is 0 Å². The van der Waals surface area contributed by atoms with E-state index < -0.39 is 0 Å². The highest BCUT2D eigenvalue weighted by molar-refractivity contribution is 5.85.